The normalized spacial score (nSPS) is 24.3. The van der Waals surface area contributed by atoms with Gasteiger partial charge in [-0.15, -0.1) is 0 Å². The van der Waals surface area contributed by atoms with Crippen LogP contribution in [0.5, 0.6) is 0 Å². The average Bonchev–Trinajstić information content (AvgIpc) is 3.45. The molecule has 0 spiro atoms. The summed E-state index contributed by atoms with van der Waals surface area (Å²) in [6.07, 6.45) is 3.45. The van der Waals surface area contributed by atoms with Crippen molar-refractivity contribution >= 4 is 35.4 Å². The van der Waals surface area contributed by atoms with E-state index >= 15 is 0 Å². The molecule has 12 heteroatoms. The molecular formula is C28H52N6O6. The Labute approximate surface area is 239 Å². The van der Waals surface area contributed by atoms with Crippen molar-refractivity contribution in [1.29, 1.82) is 0 Å². The summed E-state index contributed by atoms with van der Waals surface area (Å²) in [5.74, 6) is 0.0111. The van der Waals surface area contributed by atoms with Gasteiger partial charge in [-0.3, -0.25) is 28.8 Å². The summed E-state index contributed by atoms with van der Waals surface area (Å²) in [5, 5.41) is 0. The third-order valence-electron chi connectivity index (χ3n) is 7.33. The van der Waals surface area contributed by atoms with Crippen LogP contribution >= 0.6 is 0 Å². The first-order valence-corrected chi connectivity index (χ1v) is 13.9. The molecule has 0 bridgehead atoms. The molecule has 12 nitrogen and oxygen atoms in total. The minimum atomic E-state index is -0.405. The Morgan fingerprint density at radius 3 is 0.900 bits per heavy atom. The minimum Gasteiger partial charge on any atom is -0.368 e. The van der Waals surface area contributed by atoms with E-state index in [1.807, 2.05) is 41.5 Å². The number of carbonyl (C=O) groups is 6. The zero-order valence-corrected chi connectivity index (χ0v) is 24.4. The molecule has 0 aromatic heterocycles. The quantitative estimate of drug-likeness (QED) is 0.371. The molecule has 3 fully saturated rings. The van der Waals surface area contributed by atoms with Gasteiger partial charge in [0, 0.05) is 38.9 Å². The highest BCUT2D eigenvalue weighted by atomic mass is 16.2. The summed E-state index contributed by atoms with van der Waals surface area (Å²) in [4.78, 5) is 72.0. The molecule has 230 valence electrons. The van der Waals surface area contributed by atoms with Gasteiger partial charge in [0.2, 0.25) is 35.4 Å². The Balaban J connectivity index is 0.000000563. The third-order valence-corrected chi connectivity index (χ3v) is 7.33. The molecule has 6 N–H and O–H groups in total. The summed E-state index contributed by atoms with van der Waals surface area (Å²) in [5.41, 5.74) is 15.6. The number of hydrogen-bond acceptors (Lipinski definition) is 6. The molecule has 3 aliphatic rings. The highest BCUT2D eigenvalue weighted by Crippen LogP contribution is 2.22. The van der Waals surface area contributed by atoms with Gasteiger partial charge in [0.1, 0.15) is 18.1 Å². The van der Waals surface area contributed by atoms with Gasteiger partial charge in [-0.1, -0.05) is 49.0 Å². The molecule has 6 atom stereocenters. The predicted molar refractivity (Wildman–Crippen MR) is 153 cm³/mol. The summed E-state index contributed by atoms with van der Waals surface area (Å²) >= 11 is 0. The maximum absolute atomic E-state index is 11.4. The molecule has 3 rings (SSSR count). The van der Waals surface area contributed by atoms with Gasteiger partial charge in [0.25, 0.3) is 0 Å². The maximum atomic E-state index is 11.4. The number of amides is 6. The van der Waals surface area contributed by atoms with E-state index < -0.39 is 35.8 Å². The second-order valence-corrected chi connectivity index (χ2v) is 11.0. The molecule has 6 amide bonds. The van der Waals surface area contributed by atoms with Crippen LogP contribution in [0.2, 0.25) is 0 Å². The number of primary amides is 3. The van der Waals surface area contributed by atoms with Crippen molar-refractivity contribution in [2.75, 3.05) is 19.6 Å². The molecule has 0 aliphatic carbocycles. The molecular weight excluding hydrogens is 516 g/mol. The molecule has 3 heterocycles. The highest BCUT2D eigenvalue weighted by Gasteiger charge is 2.35. The smallest absolute Gasteiger partial charge is 0.240 e. The largest absolute Gasteiger partial charge is 0.368 e. The van der Waals surface area contributed by atoms with Crippen molar-refractivity contribution in [3.63, 3.8) is 0 Å². The number of nitrogens with zero attached hydrogens (tertiary/aromatic N) is 3. The molecule has 3 aliphatic heterocycles. The van der Waals surface area contributed by atoms with Crippen LogP contribution in [0.4, 0.5) is 0 Å². The van der Waals surface area contributed by atoms with Crippen molar-refractivity contribution in [3.05, 3.63) is 0 Å². The standard InChI is InChI=1S/3C9H16N2O2.CH4/c3*1-3-7(9(10)13)11-5-6(2)4-8(11)12;/h3*6-7H,3-5H2,1-2H3,(H2,10,13);1H4/t2*6?,7-;;/m00../s1. The summed E-state index contributed by atoms with van der Waals surface area (Å²) in [6, 6.07) is -1.22. The van der Waals surface area contributed by atoms with Gasteiger partial charge in [-0.2, -0.15) is 0 Å². The average molecular weight is 569 g/mol. The molecule has 40 heavy (non-hydrogen) atoms. The van der Waals surface area contributed by atoms with Gasteiger partial charge >= 0.3 is 0 Å². The van der Waals surface area contributed by atoms with Crippen LogP contribution in [-0.2, 0) is 28.8 Å². The lowest BCUT2D eigenvalue weighted by molar-refractivity contribution is -0.136. The Morgan fingerprint density at radius 1 is 0.600 bits per heavy atom. The van der Waals surface area contributed by atoms with Gasteiger partial charge in [-0.25, -0.2) is 0 Å². The van der Waals surface area contributed by atoms with Crippen LogP contribution in [0.25, 0.3) is 0 Å². The van der Waals surface area contributed by atoms with Crippen LogP contribution < -0.4 is 17.2 Å². The van der Waals surface area contributed by atoms with E-state index in [0.717, 1.165) is 0 Å². The van der Waals surface area contributed by atoms with Crippen molar-refractivity contribution in [3.8, 4) is 0 Å². The van der Waals surface area contributed by atoms with Crippen molar-refractivity contribution in [2.24, 2.45) is 35.0 Å². The van der Waals surface area contributed by atoms with E-state index in [4.69, 9.17) is 17.2 Å². The monoisotopic (exact) mass is 568 g/mol. The second kappa shape index (κ2) is 16.8. The molecule has 4 unspecified atom stereocenters. The Hall–Kier alpha value is -3.18. The van der Waals surface area contributed by atoms with Gasteiger partial charge in [0.05, 0.1) is 0 Å². The SMILES string of the molecule is C.CCC(C(N)=O)N1CC(C)CC1=O.CC[C@@H](C(N)=O)N1CC(C)CC1=O.CC[C@@H](C(N)=O)N1CC(C)CC1=O. The van der Waals surface area contributed by atoms with E-state index in [0.29, 0.717) is 75.9 Å². The third kappa shape index (κ3) is 10.1. The van der Waals surface area contributed by atoms with Gasteiger partial charge < -0.3 is 31.9 Å². The number of nitrogens with two attached hydrogens (primary N) is 3. The van der Waals surface area contributed by atoms with Crippen LogP contribution in [0.3, 0.4) is 0 Å². The predicted octanol–water partition coefficient (Wildman–Crippen LogP) is 0.992. The van der Waals surface area contributed by atoms with E-state index in [1.165, 1.54) is 0 Å². The number of rotatable bonds is 9. The Bertz CT molecular complexity index is 798. The fourth-order valence-electron chi connectivity index (χ4n) is 5.38. The van der Waals surface area contributed by atoms with Crippen LogP contribution in [0, 0.1) is 17.8 Å². The minimum absolute atomic E-state index is 0. The lowest BCUT2D eigenvalue weighted by Crippen LogP contribution is -2.45. The topological polar surface area (TPSA) is 190 Å². The molecule has 0 saturated carbocycles. The Kier molecular flexibility index (Phi) is 15.5. The first kappa shape index (κ1) is 36.8. The molecule has 0 aromatic rings. The number of carbonyl (C=O) groups excluding carboxylic acids is 6. The fourth-order valence-corrected chi connectivity index (χ4v) is 5.38. The van der Waals surface area contributed by atoms with Crippen molar-refractivity contribution in [2.45, 2.75) is 106 Å². The molecule has 0 radical (unpaired) electrons. The first-order valence-electron chi connectivity index (χ1n) is 13.9. The van der Waals surface area contributed by atoms with Gasteiger partial charge in [-0.05, 0) is 37.0 Å². The van der Waals surface area contributed by atoms with Gasteiger partial charge in [0.15, 0.2) is 0 Å². The molecule has 0 aromatic carbocycles. The van der Waals surface area contributed by atoms with E-state index in [2.05, 4.69) is 0 Å². The van der Waals surface area contributed by atoms with E-state index in [-0.39, 0.29) is 25.1 Å². The lowest BCUT2D eigenvalue weighted by atomic mass is 10.1. The zero-order chi connectivity index (χ0) is 30.0. The summed E-state index contributed by atoms with van der Waals surface area (Å²) in [6.45, 7) is 13.6. The maximum Gasteiger partial charge on any atom is 0.240 e. The molecule has 3 saturated heterocycles. The van der Waals surface area contributed by atoms with Crippen LogP contribution in [0.1, 0.15) is 87.5 Å². The first-order chi connectivity index (χ1) is 18.2. The number of likely N-dealkylation sites (tertiary alicyclic amines) is 3. The fraction of sp³-hybridized carbons (Fsp3) is 0.786. The Morgan fingerprint density at radius 2 is 0.800 bits per heavy atom. The second-order valence-electron chi connectivity index (χ2n) is 11.0. The van der Waals surface area contributed by atoms with Crippen LogP contribution in [0.15, 0.2) is 0 Å². The summed E-state index contributed by atoms with van der Waals surface area (Å²) < 4.78 is 0. The van der Waals surface area contributed by atoms with Crippen molar-refractivity contribution in [1.82, 2.24) is 14.7 Å². The van der Waals surface area contributed by atoms with Crippen LogP contribution in [-0.4, -0.2) is 87.9 Å². The zero-order valence-electron chi connectivity index (χ0n) is 24.4. The highest BCUT2D eigenvalue weighted by molar-refractivity contribution is 5.89. The van der Waals surface area contributed by atoms with E-state index in [9.17, 15) is 28.8 Å². The number of hydrogen-bond donors (Lipinski definition) is 3. The lowest BCUT2D eigenvalue weighted by Gasteiger charge is -2.23. The van der Waals surface area contributed by atoms with Crippen molar-refractivity contribution < 1.29 is 28.8 Å². The van der Waals surface area contributed by atoms with E-state index in [1.54, 1.807) is 14.7 Å². The summed E-state index contributed by atoms with van der Waals surface area (Å²) in [7, 11) is 0.